The van der Waals surface area contributed by atoms with Crippen molar-refractivity contribution >= 4 is 21.9 Å². The predicted octanol–water partition coefficient (Wildman–Crippen LogP) is 0.752. The summed E-state index contributed by atoms with van der Waals surface area (Å²) in [6.07, 6.45) is 0.802. The summed E-state index contributed by atoms with van der Waals surface area (Å²) >= 11 is 0. The average Bonchev–Trinajstić information content (AvgIpc) is 3.27. The fraction of sp³-hybridized carbons (Fsp3) is 0.500. The number of nitrogens with zero attached hydrogens (tertiary/aromatic N) is 1. The van der Waals surface area contributed by atoms with Crippen LogP contribution >= 0.6 is 0 Å². The highest BCUT2D eigenvalue weighted by Crippen LogP contribution is 2.38. The Kier molecular flexibility index (Phi) is 5.61. The van der Waals surface area contributed by atoms with E-state index in [-0.39, 0.29) is 29.9 Å². The summed E-state index contributed by atoms with van der Waals surface area (Å²) in [5.74, 6) is -0.589. The van der Waals surface area contributed by atoms with Gasteiger partial charge in [0.25, 0.3) is 5.91 Å². The Morgan fingerprint density at radius 2 is 1.92 bits per heavy atom. The Balaban J connectivity index is 1.92. The van der Waals surface area contributed by atoms with Crippen molar-refractivity contribution in [1.82, 2.24) is 9.62 Å². The minimum absolute atomic E-state index is 0.0411. The van der Waals surface area contributed by atoms with Gasteiger partial charge in [0.1, 0.15) is 0 Å². The molecule has 1 fully saturated rings. The van der Waals surface area contributed by atoms with E-state index in [1.165, 1.54) is 20.2 Å². The predicted molar refractivity (Wildman–Crippen MR) is 87.4 cm³/mol. The number of esters is 1. The van der Waals surface area contributed by atoms with Crippen molar-refractivity contribution in [3.05, 3.63) is 29.8 Å². The topological polar surface area (TPSA) is 92.8 Å². The van der Waals surface area contributed by atoms with Gasteiger partial charge in [-0.2, -0.15) is 0 Å². The number of sulfonamides is 1. The molecule has 0 heterocycles. The molecule has 1 amide bonds. The van der Waals surface area contributed by atoms with Gasteiger partial charge in [-0.05, 0) is 24.0 Å². The molecule has 8 heteroatoms. The van der Waals surface area contributed by atoms with Crippen molar-refractivity contribution in [3.63, 3.8) is 0 Å². The van der Waals surface area contributed by atoms with E-state index in [1.807, 2.05) is 6.92 Å². The van der Waals surface area contributed by atoms with Crippen LogP contribution in [0.4, 0.5) is 0 Å². The van der Waals surface area contributed by atoms with Gasteiger partial charge in [0.2, 0.25) is 10.0 Å². The highest BCUT2D eigenvalue weighted by molar-refractivity contribution is 7.89. The molecular formula is C16H22N2O5S. The molecule has 1 aliphatic carbocycles. The maximum atomic E-state index is 12.3. The third-order valence-electron chi connectivity index (χ3n) is 3.96. The third-order valence-corrected chi connectivity index (χ3v) is 5.88. The average molecular weight is 354 g/mol. The van der Waals surface area contributed by atoms with Crippen LogP contribution in [0.5, 0.6) is 0 Å². The summed E-state index contributed by atoms with van der Waals surface area (Å²) in [7, 11) is -0.699. The molecule has 1 aromatic rings. The highest BCUT2D eigenvalue weighted by Gasteiger charge is 2.40. The summed E-state index contributed by atoms with van der Waals surface area (Å²) in [6, 6.07) is 6.45. The molecule has 7 nitrogen and oxygen atoms in total. The lowest BCUT2D eigenvalue weighted by atomic mass is 10.2. The van der Waals surface area contributed by atoms with Gasteiger partial charge in [-0.25, -0.2) is 12.7 Å². The quantitative estimate of drug-likeness (QED) is 0.730. The lowest BCUT2D eigenvalue weighted by molar-refractivity contribution is -0.150. The normalized spacial score (nSPS) is 19.8. The van der Waals surface area contributed by atoms with Crippen molar-refractivity contribution in [2.24, 2.45) is 11.8 Å². The molecule has 0 aliphatic heterocycles. The number of hydrogen-bond donors (Lipinski definition) is 1. The lowest BCUT2D eigenvalue weighted by Crippen LogP contribution is -2.30. The molecule has 1 aromatic carbocycles. The summed E-state index contributed by atoms with van der Waals surface area (Å²) in [6.45, 7) is 1.64. The highest BCUT2D eigenvalue weighted by atomic mass is 32.2. The van der Waals surface area contributed by atoms with Crippen LogP contribution in [-0.4, -0.2) is 45.3 Å². The van der Waals surface area contributed by atoms with Gasteiger partial charge in [0, 0.05) is 20.6 Å². The molecular weight excluding hydrogens is 332 g/mol. The third kappa shape index (κ3) is 4.33. The molecule has 2 rings (SSSR count). The minimum Gasteiger partial charge on any atom is -0.455 e. The SMILES string of the molecule is C[C@@H]1C[C@H]1C(=O)OCC(=O)NCc1ccccc1S(=O)(=O)N(C)C. The smallest absolute Gasteiger partial charge is 0.309 e. The molecule has 0 saturated heterocycles. The molecule has 1 aliphatic rings. The Bertz CT molecular complexity index is 730. The van der Waals surface area contributed by atoms with E-state index in [2.05, 4.69) is 5.32 Å². The van der Waals surface area contributed by atoms with Crippen LogP contribution < -0.4 is 5.32 Å². The number of amides is 1. The molecule has 0 radical (unpaired) electrons. The first-order valence-electron chi connectivity index (χ1n) is 7.67. The minimum atomic E-state index is -3.59. The fourth-order valence-electron chi connectivity index (χ4n) is 2.24. The van der Waals surface area contributed by atoms with Crippen molar-refractivity contribution in [3.8, 4) is 0 Å². The largest absolute Gasteiger partial charge is 0.455 e. The first-order valence-corrected chi connectivity index (χ1v) is 9.11. The zero-order valence-electron chi connectivity index (χ0n) is 14.0. The van der Waals surface area contributed by atoms with Crippen molar-refractivity contribution < 1.29 is 22.7 Å². The van der Waals surface area contributed by atoms with Gasteiger partial charge < -0.3 is 10.1 Å². The molecule has 0 unspecified atom stereocenters. The fourth-order valence-corrected chi connectivity index (χ4v) is 3.35. The second kappa shape index (κ2) is 7.31. The Morgan fingerprint density at radius 1 is 1.29 bits per heavy atom. The first kappa shape index (κ1) is 18.4. The second-order valence-electron chi connectivity index (χ2n) is 6.10. The van der Waals surface area contributed by atoms with E-state index in [0.29, 0.717) is 11.5 Å². The van der Waals surface area contributed by atoms with Crippen molar-refractivity contribution in [2.45, 2.75) is 24.8 Å². The molecule has 0 aromatic heterocycles. The first-order chi connectivity index (χ1) is 11.2. The zero-order chi connectivity index (χ0) is 17.9. The molecule has 0 bridgehead atoms. The molecule has 1 saturated carbocycles. The maximum absolute atomic E-state index is 12.3. The van der Waals surface area contributed by atoms with Crippen LogP contribution in [0.2, 0.25) is 0 Å². The lowest BCUT2D eigenvalue weighted by Gasteiger charge is -2.15. The summed E-state index contributed by atoms with van der Waals surface area (Å²) in [5, 5.41) is 2.58. The number of hydrogen-bond acceptors (Lipinski definition) is 5. The number of ether oxygens (including phenoxy) is 1. The molecule has 0 spiro atoms. The van der Waals surface area contributed by atoms with E-state index < -0.39 is 15.9 Å². The number of carbonyl (C=O) groups excluding carboxylic acids is 2. The van der Waals surface area contributed by atoms with Gasteiger partial charge in [-0.15, -0.1) is 0 Å². The zero-order valence-corrected chi connectivity index (χ0v) is 14.8. The van der Waals surface area contributed by atoms with Crippen molar-refractivity contribution in [2.75, 3.05) is 20.7 Å². The van der Waals surface area contributed by atoms with E-state index in [1.54, 1.807) is 18.2 Å². The van der Waals surface area contributed by atoms with E-state index in [9.17, 15) is 18.0 Å². The Labute approximate surface area is 142 Å². The van der Waals surface area contributed by atoms with Crippen LogP contribution in [0.15, 0.2) is 29.2 Å². The van der Waals surface area contributed by atoms with Gasteiger partial charge in [-0.1, -0.05) is 25.1 Å². The summed E-state index contributed by atoms with van der Waals surface area (Å²) in [5.41, 5.74) is 0.474. The van der Waals surface area contributed by atoms with Gasteiger partial charge in [-0.3, -0.25) is 9.59 Å². The Hall–Kier alpha value is -1.93. The number of carbonyl (C=O) groups is 2. The number of benzene rings is 1. The number of rotatable bonds is 7. The maximum Gasteiger partial charge on any atom is 0.309 e. The van der Waals surface area contributed by atoms with E-state index in [0.717, 1.165) is 10.7 Å². The Morgan fingerprint density at radius 3 is 2.50 bits per heavy atom. The van der Waals surface area contributed by atoms with Gasteiger partial charge >= 0.3 is 5.97 Å². The van der Waals surface area contributed by atoms with Crippen LogP contribution in [0.3, 0.4) is 0 Å². The van der Waals surface area contributed by atoms with Crippen LogP contribution in [0, 0.1) is 11.8 Å². The van der Waals surface area contributed by atoms with Crippen LogP contribution in [0.25, 0.3) is 0 Å². The summed E-state index contributed by atoms with van der Waals surface area (Å²) in [4.78, 5) is 23.5. The van der Waals surface area contributed by atoms with Gasteiger partial charge in [0.05, 0.1) is 10.8 Å². The van der Waals surface area contributed by atoms with Crippen LogP contribution in [0.1, 0.15) is 18.9 Å². The van der Waals surface area contributed by atoms with E-state index in [4.69, 9.17) is 4.74 Å². The molecule has 2 atom stereocenters. The van der Waals surface area contributed by atoms with E-state index >= 15 is 0 Å². The standard InChI is InChI=1S/C16H22N2O5S/c1-11-8-13(11)16(20)23-10-15(19)17-9-12-6-4-5-7-14(12)24(21,22)18(2)3/h4-7,11,13H,8-10H2,1-3H3,(H,17,19)/t11-,13-/m1/s1. The van der Waals surface area contributed by atoms with Crippen molar-refractivity contribution in [1.29, 1.82) is 0 Å². The monoisotopic (exact) mass is 354 g/mol. The second-order valence-corrected chi connectivity index (χ2v) is 8.22. The van der Waals surface area contributed by atoms with Crippen LogP contribution in [-0.2, 0) is 30.9 Å². The molecule has 1 N–H and O–H groups in total. The number of nitrogens with one attached hydrogen (secondary N) is 1. The molecule has 24 heavy (non-hydrogen) atoms. The molecule has 132 valence electrons. The van der Waals surface area contributed by atoms with Gasteiger partial charge in [0.15, 0.2) is 6.61 Å². The summed E-state index contributed by atoms with van der Waals surface area (Å²) < 4.78 is 30.6.